The van der Waals surface area contributed by atoms with Gasteiger partial charge < -0.3 is 15.5 Å². The van der Waals surface area contributed by atoms with E-state index in [1.807, 2.05) is 6.08 Å². The predicted molar refractivity (Wildman–Crippen MR) is 216 cm³/mol. The van der Waals surface area contributed by atoms with Crippen molar-refractivity contribution in [3.63, 3.8) is 0 Å². The Morgan fingerprint density at radius 1 is 0.510 bits per heavy atom. The molecule has 4 heteroatoms. The highest BCUT2D eigenvalue weighted by Crippen LogP contribution is 2.13. The van der Waals surface area contributed by atoms with Crippen LogP contribution in [0.15, 0.2) is 72.9 Å². The molecule has 49 heavy (non-hydrogen) atoms. The molecule has 0 spiro atoms. The first-order valence-corrected chi connectivity index (χ1v) is 20.7. The van der Waals surface area contributed by atoms with E-state index < -0.39 is 12.1 Å². The highest BCUT2D eigenvalue weighted by molar-refractivity contribution is 5.76. The van der Waals surface area contributed by atoms with E-state index in [1.165, 1.54) is 109 Å². The standard InChI is InChI=1S/C45H79NO3/c1-3-5-7-9-11-13-15-17-18-19-20-21-22-23-24-25-26-27-28-29-31-33-35-37-39-41-45(49)46-43(42-47)44(48)40-38-36-34-32-30-16-14-12-10-8-6-4-2/h5,7,11,13,17-18,20-21,23-24,38,40,43-44,47-48H,3-4,6,8-10,12,14-16,19,22,25-37,39,41-42H2,1-2H3,(H,46,49)/b7-5-,13-11-,18-17-,21-20-,24-23-,40-38+. The highest BCUT2D eigenvalue weighted by Gasteiger charge is 2.17. The Morgan fingerprint density at radius 2 is 0.898 bits per heavy atom. The van der Waals surface area contributed by atoms with Gasteiger partial charge in [0.1, 0.15) is 0 Å². The SMILES string of the molecule is CC/C=C\C/C=C\C/C=C\C/C=C\C/C=C\CCCCCCCCCCCC(=O)NC(CO)C(O)/C=C/CCCCCCCCCCCC. The van der Waals surface area contributed by atoms with Crippen LogP contribution in [0.25, 0.3) is 0 Å². The second kappa shape index (κ2) is 40.3. The van der Waals surface area contributed by atoms with Crippen molar-refractivity contribution in [2.75, 3.05) is 6.61 Å². The van der Waals surface area contributed by atoms with Crippen LogP contribution in [0.4, 0.5) is 0 Å². The Balaban J connectivity index is 3.62. The summed E-state index contributed by atoms with van der Waals surface area (Å²) < 4.78 is 0. The van der Waals surface area contributed by atoms with Gasteiger partial charge in [-0.15, -0.1) is 0 Å². The molecule has 2 atom stereocenters. The molecule has 0 bridgehead atoms. The molecular weight excluding hydrogens is 602 g/mol. The van der Waals surface area contributed by atoms with E-state index in [2.05, 4.69) is 79.9 Å². The van der Waals surface area contributed by atoms with E-state index >= 15 is 0 Å². The molecule has 0 aromatic rings. The molecule has 0 radical (unpaired) electrons. The van der Waals surface area contributed by atoms with Crippen molar-refractivity contribution in [2.24, 2.45) is 0 Å². The zero-order chi connectivity index (χ0) is 35.7. The summed E-state index contributed by atoms with van der Waals surface area (Å²) in [6, 6.07) is -0.627. The van der Waals surface area contributed by atoms with Gasteiger partial charge in [0.2, 0.25) is 5.91 Å². The molecule has 0 rings (SSSR count). The lowest BCUT2D eigenvalue weighted by Gasteiger charge is -2.20. The first-order chi connectivity index (χ1) is 24.2. The molecule has 0 aliphatic carbocycles. The van der Waals surface area contributed by atoms with Gasteiger partial charge in [0.15, 0.2) is 0 Å². The number of hydrogen-bond donors (Lipinski definition) is 3. The summed E-state index contributed by atoms with van der Waals surface area (Å²) in [5, 5.41) is 22.9. The Morgan fingerprint density at radius 3 is 1.35 bits per heavy atom. The third-order valence-corrected chi connectivity index (χ3v) is 8.95. The van der Waals surface area contributed by atoms with E-state index in [4.69, 9.17) is 0 Å². The third-order valence-electron chi connectivity index (χ3n) is 8.95. The van der Waals surface area contributed by atoms with Crippen LogP contribution in [0.3, 0.4) is 0 Å². The van der Waals surface area contributed by atoms with Gasteiger partial charge in [0.05, 0.1) is 18.8 Å². The molecule has 0 aromatic carbocycles. The molecule has 1 amide bonds. The number of aliphatic hydroxyl groups is 2. The van der Waals surface area contributed by atoms with Gasteiger partial charge in [0.25, 0.3) is 0 Å². The lowest BCUT2D eigenvalue weighted by atomic mass is 10.0. The maximum atomic E-state index is 12.4. The van der Waals surface area contributed by atoms with Crippen molar-refractivity contribution >= 4 is 5.91 Å². The van der Waals surface area contributed by atoms with Crippen LogP contribution < -0.4 is 5.32 Å². The Bertz CT molecular complexity index is 868. The van der Waals surface area contributed by atoms with Gasteiger partial charge in [-0.1, -0.05) is 189 Å². The quantitative estimate of drug-likeness (QED) is 0.0455. The number of rotatable bonds is 36. The number of nitrogens with one attached hydrogen (secondary N) is 1. The smallest absolute Gasteiger partial charge is 0.220 e. The number of allylic oxidation sites excluding steroid dienone is 11. The van der Waals surface area contributed by atoms with Crippen LogP contribution in [0.5, 0.6) is 0 Å². The largest absolute Gasteiger partial charge is 0.394 e. The van der Waals surface area contributed by atoms with Crippen LogP contribution in [0, 0.1) is 0 Å². The van der Waals surface area contributed by atoms with Gasteiger partial charge in [-0.3, -0.25) is 4.79 Å². The van der Waals surface area contributed by atoms with Gasteiger partial charge in [-0.2, -0.15) is 0 Å². The number of carbonyl (C=O) groups is 1. The summed E-state index contributed by atoms with van der Waals surface area (Å²) in [5.41, 5.74) is 0. The molecule has 4 nitrogen and oxygen atoms in total. The van der Waals surface area contributed by atoms with E-state index in [-0.39, 0.29) is 12.5 Å². The minimum atomic E-state index is -0.843. The maximum Gasteiger partial charge on any atom is 0.220 e. The van der Waals surface area contributed by atoms with Gasteiger partial charge in [0, 0.05) is 6.42 Å². The molecule has 282 valence electrons. The second-order valence-electron chi connectivity index (χ2n) is 13.7. The monoisotopic (exact) mass is 682 g/mol. The lowest BCUT2D eigenvalue weighted by Crippen LogP contribution is -2.45. The van der Waals surface area contributed by atoms with Crippen LogP contribution >= 0.6 is 0 Å². The molecular formula is C45H79NO3. The first-order valence-electron chi connectivity index (χ1n) is 20.7. The number of hydrogen-bond acceptors (Lipinski definition) is 3. The predicted octanol–water partition coefficient (Wildman–Crippen LogP) is 12.7. The minimum absolute atomic E-state index is 0.0753. The molecule has 0 saturated heterocycles. The maximum absolute atomic E-state index is 12.4. The Hall–Kier alpha value is -2.17. The number of unbranched alkanes of at least 4 members (excludes halogenated alkanes) is 19. The van der Waals surface area contributed by atoms with Gasteiger partial charge in [-0.05, 0) is 64.2 Å². The summed E-state index contributed by atoms with van der Waals surface area (Å²) in [7, 11) is 0. The molecule has 0 aliphatic rings. The number of amides is 1. The summed E-state index contributed by atoms with van der Waals surface area (Å²) in [6.45, 7) is 4.17. The molecule has 2 unspecified atom stereocenters. The molecule has 0 heterocycles. The molecule has 0 saturated carbocycles. The fraction of sp³-hybridized carbons (Fsp3) is 0.711. The van der Waals surface area contributed by atoms with E-state index in [9.17, 15) is 15.0 Å². The van der Waals surface area contributed by atoms with Crippen molar-refractivity contribution in [3.05, 3.63) is 72.9 Å². The van der Waals surface area contributed by atoms with Crippen LogP contribution in [-0.4, -0.2) is 34.9 Å². The van der Waals surface area contributed by atoms with Crippen molar-refractivity contribution in [1.29, 1.82) is 0 Å². The Labute approximate surface area is 304 Å². The highest BCUT2D eigenvalue weighted by atomic mass is 16.3. The fourth-order valence-electron chi connectivity index (χ4n) is 5.79. The van der Waals surface area contributed by atoms with E-state index in [0.717, 1.165) is 57.8 Å². The zero-order valence-electron chi connectivity index (χ0n) is 32.2. The summed E-state index contributed by atoms with van der Waals surface area (Å²) in [6.07, 6.45) is 57.1. The van der Waals surface area contributed by atoms with E-state index in [1.54, 1.807) is 6.08 Å². The molecule has 0 aliphatic heterocycles. The van der Waals surface area contributed by atoms with Crippen molar-refractivity contribution in [3.8, 4) is 0 Å². The van der Waals surface area contributed by atoms with Crippen LogP contribution in [0.2, 0.25) is 0 Å². The van der Waals surface area contributed by atoms with Crippen molar-refractivity contribution in [2.45, 2.75) is 199 Å². The van der Waals surface area contributed by atoms with Crippen molar-refractivity contribution < 1.29 is 15.0 Å². The number of carbonyl (C=O) groups excluding carboxylic acids is 1. The summed E-state index contributed by atoms with van der Waals surface area (Å²) in [5.74, 6) is -0.0753. The normalized spacial score (nSPS) is 13.8. The average Bonchev–Trinajstić information content (AvgIpc) is 3.10. The first kappa shape index (κ1) is 46.8. The van der Waals surface area contributed by atoms with Gasteiger partial charge >= 0.3 is 0 Å². The van der Waals surface area contributed by atoms with Crippen molar-refractivity contribution in [1.82, 2.24) is 5.32 Å². The molecule has 3 N–H and O–H groups in total. The zero-order valence-corrected chi connectivity index (χ0v) is 32.2. The molecule has 0 fully saturated rings. The van der Waals surface area contributed by atoms with E-state index in [0.29, 0.717) is 6.42 Å². The van der Waals surface area contributed by atoms with Crippen LogP contribution in [0.1, 0.15) is 187 Å². The minimum Gasteiger partial charge on any atom is -0.394 e. The average molecular weight is 682 g/mol. The lowest BCUT2D eigenvalue weighted by molar-refractivity contribution is -0.123. The third kappa shape index (κ3) is 36.9. The fourth-order valence-corrected chi connectivity index (χ4v) is 5.79. The van der Waals surface area contributed by atoms with Crippen LogP contribution in [-0.2, 0) is 4.79 Å². The topological polar surface area (TPSA) is 69.6 Å². The second-order valence-corrected chi connectivity index (χ2v) is 13.7. The number of aliphatic hydroxyl groups excluding tert-OH is 2. The Kier molecular flexibility index (Phi) is 38.5. The van der Waals surface area contributed by atoms with Gasteiger partial charge in [-0.25, -0.2) is 0 Å². The molecule has 0 aromatic heterocycles. The summed E-state index contributed by atoms with van der Waals surface area (Å²) >= 11 is 0. The summed E-state index contributed by atoms with van der Waals surface area (Å²) in [4.78, 5) is 12.4.